The van der Waals surface area contributed by atoms with Gasteiger partial charge < -0.3 is 14.0 Å². The van der Waals surface area contributed by atoms with Gasteiger partial charge in [0, 0.05) is 17.4 Å². The molecule has 0 N–H and O–H groups in total. The molecule has 7 heteroatoms. The van der Waals surface area contributed by atoms with Crippen molar-refractivity contribution < 1.29 is 22.8 Å². The third-order valence-corrected chi connectivity index (χ3v) is 4.83. The average Bonchev–Trinajstić information content (AvgIpc) is 3.13. The van der Waals surface area contributed by atoms with Gasteiger partial charge in [0.2, 0.25) is 0 Å². The highest BCUT2D eigenvalue weighted by atomic mass is 19.3. The average molecular weight is 311 g/mol. The molecule has 0 unspecified atom stereocenters. The summed E-state index contributed by atoms with van der Waals surface area (Å²) in [6, 6.07) is 3.25. The summed E-state index contributed by atoms with van der Waals surface area (Å²) in [7, 11) is -0.242. The number of ether oxygens (including phenoxy) is 1. The maximum absolute atomic E-state index is 12.1. The van der Waals surface area contributed by atoms with Gasteiger partial charge in [0.25, 0.3) is 0 Å². The molecule has 1 aliphatic heterocycles. The fourth-order valence-corrected chi connectivity index (χ4v) is 2.70. The SMILES string of the molecule is CC1(C)OB([C@H]2C[C@@H]2c2ccc(OC(F)F)cn2)OC1(C)C. The maximum atomic E-state index is 12.1. The van der Waals surface area contributed by atoms with Gasteiger partial charge in [-0.25, -0.2) is 0 Å². The van der Waals surface area contributed by atoms with Crippen LogP contribution in [0.1, 0.15) is 45.7 Å². The highest BCUT2D eigenvalue weighted by Crippen LogP contribution is 2.57. The summed E-state index contributed by atoms with van der Waals surface area (Å²) in [5, 5.41) is 0. The van der Waals surface area contributed by atoms with Gasteiger partial charge in [0.05, 0.1) is 17.4 Å². The van der Waals surface area contributed by atoms with E-state index in [0.29, 0.717) is 0 Å². The van der Waals surface area contributed by atoms with E-state index in [4.69, 9.17) is 9.31 Å². The van der Waals surface area contributed by atoms with E-state index in [1.54, 1.807) is 6.07 Å². The predicted octanol–water partition coefficient (Wildman–Crippen LogP) is 3.63. The van der Waals surface area contributed by atoms with Crippen LogP contribution < -0.4 is 4.74 Å². The minimum absolute atomic E-state index is 0.0755. The van der Waals surface area contributed by atoms with Crippen molar-refractivity contribution in [1.82, 2.24) is 4.98 Å². The fourth-order valence-electron chi connectivity index (χ4n) is 2.70. The highest BCUT2D eigenvalue weighted by molar-refractivity contribution is 6.49. The Morgan fingerprint density at radius 1 is 1.23 bits per heavy atom. The second-order valence-electron chi connectivity index (χ2n) is 6.93. The van der Waals surface area contributed by atoms with Gasteiger partial charge in [0.15, 0.2) is 0 Å². The molecule has 1 aromatic rings. The first kappa shape index (κ1) is 15.7. The molecule has 0 radical (unpaired) electrons. The van der Waals surface area contributed by atoms with E-state index in [-0.39, 0.29) is 35.8 Å². The van der Waals surface area contributed by atoms with Crippen molar-refractivity contribution in [2.75, 3.05) is 0 Å². The van der Waals surface area contributed by atoms with E-state index in [1.165, 1.54) is 12.3 Å². The van der Waals surface area contributed by atoms with Crippen LogP contribution in [-0.4, -0.2) is 29.9 Å². The van der Waals surface area contributed by atoms with E-state index in [9.17, 15) is 8.78 Å². The lowest BCUT2D eigenvalue weighted by Crippen LogP contribution is -2.41. The van der Waals surface area contributed by atoms with Crippen molar-refractivity contribution in [1.29, 1.82) is 0 Å². The van der Waals surface area contributed by atoms with Crippen LogP contribution >= 0.6 is 0 Å². The number of hydrogen-bond donors (Lipinski definition) is 0. The molecule has 1 saturated carbocycles. The van der Waals surface area contributed by atoms with E-state index in [2.05, 4.69) is 9.72 Å². The zero-order valence-electron chi connectivity index (χ0n) is 13.2. The predicted molar refractivity (Wildman–Crippen MR) is 78.1 cm³/mol. The van der Waals surface area contributed by atoms with Crippen LogP contribution in [-0.2, 0) is 9.31 Å². The molecule has 1 saturated heterocycles. The minimum Gasteiger partial charge on any atom is -0.433 e. The molecule has 0 amide bonds. The molecule has 2 heterocycles. The first-order valence-electron chi connectivity index (χ1n) is 7.46. The van der Waals surface area contributed by atoms with Gasteiger partial charge in [-0.1, -0.05) is 0 Å². The molecular weight excluding hydrogens is 291 g/mol. The number of alkyl halides is 2. The zero-order chi connectivity index (χ0) is 16.1. The molecule has 2 atom stereocenters. The summed E-state index contributed by atoms with van der Waals surface area (Å²) >= 11 is 0. The third-order valence-electron chi connectivity index (χ3n) is 4.83. The summed E-state index contributed by atoms with van der Waals surface area (Å²) in [5.74, 6) is 0.581. The second-order valence-corrected chi connectivity index (χ2v) is 6.93. The van der Waals surface area contributed by atoms with Crippen molar-refractivity contribution in [3.63, 3.8) is 0 Å². The summed E-state index contributed by atoms with van der Waals surface area (Å²) in [6.07, 6.45) is 2.26. The lowest BCUT2D eigenvalue weighted by atomic mass is 9.80. The lowest BCUT2D eigenvalue weighted by molar-refractivity contribution is -0.0500. The molecule has 4 nitrogen and oxygen atoms in total. The van der Waals surface area contributed by atoms with Gasteiger partial charge in [-0.3, -0.25) is 4.98 Å². The molecule has 120 valence electrons. The summed E-state index contributed by atoms with van der Waals surface area (Å²) < 4.78 is 40.6. The molecule has 2 fully saturated rings. The van der Waals surface area contributed by atoms with Crippen molar-refractivity contribution in [2.45, 2.75) is 63.7 Å². The normalized spacial score (nSPS) is 29.0. The van der Waals surface area contributed by atoms with Gasteiger partial charge in [-0.15, -0.1) is 0 Å². The second kappa shape index (κ2) is 5.16. The van der Waals surface area contributed by atoms with E-state index in [0.717, 1.165) is 12.1 Å². The molecule has 0 spiro atoms. The molecule has 1 aromatic heterocycles. The van der Waals surface area contributed by atoms with Gasteiger partial charge in [0.1, 0.15) is 5.75 Å². The molecule has 0 bridgehead atoms. The minimum atomic E-state index is -2.83. The number of hydrogen-bond acceptors (Lipinski definition) is 4. The summed E-state index contributed by atoms with van der Waals surface area (Å²) in [6.45, 7) is 5.28. The Bertz CT molecular complexity index is 534. The van der Waals surface area contributed by atoms with Gasteiger partial charge in [-0.05, 0) is 46.2 Å². The first-order valence-corrected chi connectivity index (χ1v) is 7.46. The Hall–Kier alpha value is -1.21. The van der Waals surface area contributed by atoms with Crippen molar-refractivity contribution in [3.8, 4) is 5.75 Å². The van der Waals surface area contributed by atoms with Crippen LogP contribution in [0, 0.1) is 0 Å². The Balaban J connectivity index is 1.63. The first-order chi connectivity index (χ1) is 10.2. The summed E-state index contributed by atoms with van der Waals surface area (Å²) in [4.78, 5) is 4.22. The third kappa shape index (κ3) is 2.84. The van der Waals surface area contributed by atoms with E-state index in [1.807, 2.05) is 27.7 Å². The molecule has 1 aliphatic carbocycles. The lowest BCUT2D eigenvalue weighted by Gasteiger charge is -2.32. The van der Waals surface area contributed by atoms with Crippen LogP contribution in [0.15, 0.2) is 18.3 Å². The Kier molecular flexibility index (Phi) is 3.68. The van der Waals surface area contributed by atoms with Crippen molar-refractivity contribution in [3.05, 3.63) is 24.0 Å². The molecule has 2 aliphatic rings. The van der Waals surface area contributed by atoms with Crippen molar-refractivity contribution in [2.24, 2.45) is 0 Å². The van der Waals surface area contributed by atoms with Crippen LogP contribution in [0.2, 0.25) is 5.82 Å². The molecular formula is C15H20BF2NO3. The molecule has 0 aromatic carbocycles. The number of pyridine rings is 1. The standard InChI is InChI=1S/C15H20BF2NO3/c1-14(2)15(3,4)22-16(21-14)11-7-10(11)12-6-5-9(8-19-12)20-13(17)18/h5-6,8,10-11,13H,7H2,1-4H3/t10-,11-/m0/s1. The maximum Gasteiger partial charge on any atom is 0.461 e. The number of halogens is 2. The topological polar surface area (TPSA) is 40.6 Å². The van der Waals surface area contributed by atoms with Crippen LogP contribution in [0.25, 0.3) is 0 Å². The fraction of sp³-hybridized carbons (Fsp3) is 0.667. The summed E-state index contributed by atoms with van der Waals surface area (Å²) in [5.41, 5.74) is 0.182. The van der Waals surface area contributed by atoms with E-state index < -0.39 is 6.61 Å². The molecule has 3 rings (SSSR count). The van der Waals surface area contributed by atoms with Gasteiger partial charge >= 0.3 is 13.7 Å². The smallest absolute Gasteiger partial charge is 0.433 e. The number of aromatic nitrogens is 1. The zero-order valence-corrected chi connectivity index (χ0v) is 13.2. The quantitative estimate of drug-likeness (QED) is 0.796. The van der Waals surface area contributed by atoms with Crippen molar-refractivity contribution >= 4 is 7.12 Å². The highest BCUT2D eigenvalue weighted by Gasteiger charge is 2.60. The Morgan fingerprint density at radius 2 is 1.86 bits per heavy atom. The molecule has 22 heavy (non-hydrogen) atoms. The number of nitrogens with zero attached hydrogens (tertiary/aromatic N) is 1. The Labute approximate surface area is 129 Å². The number of rotatable bonds is 4. The van der Waals surface area contributed by atoms with Crippen LogP contribution in [0.5, 0.6) is 5.75 Å². The largest absolute Gasteiger partial charge is 0.461 e. The van der Waals surface area contributed by atoms with Crippen LogP contribution in [0.4, 0.5) is 8.78 Å². The van der Waals surface area contributed by atoms with Gasteiger partial charge in [-0.2, -0.15) is 8.78 Å². The Morgan fingerprint density at radius 3 is 2.36 bits per heavy atom. The monoisotopic (exact) mass is 311 g/mol. The van der Waals surface area contributed by atoms with Crippen LogP contribution in [0.3, 0.4) is 0 Å². The van der Waals surface area contributed by atoms with E-state index >= 15 is 0 Å².